The highest BCUT2D eigenvalue weighted by atomic mass is 32.2. The molecule has 0 aromatic carbocycles. The fourth-order valence-electron chi connectivity index (χ4n) is 2.57. The molecule has 5 heteroatoms. The van der Waals surface area contributed by atoms with E-state index >= 15 is 0 Å². The highest BCUT2D eigenvalue weighted by Gasteiger charge is 2.29. The van der Waals surface area contributed by atoms with Gasteiger partial charge in [0, 0.05) is 22.7 Å². The first kappa shape index (κ1) is 12.4. The Labute approximate surface area is 117 Å². The molecule has 18 heavy (non-hydrogen) atoms. The van der Waals surface area contributed by atoms with Gasteiger partial charge in [0.05, 0.1) is 0 Å². The molecule has 3 nitrogen and oxygen atoms in total. The van der Waals surface area contributed by atoms with Crippen LogP contribution >= 0.6 is 23.7 Å². The maximum atomic E-state index is 4.70. The van der Waals surface area contributed by atoms with Crippen LogP contribution in [0.4, 0.5) is 5.82 Å². The summed E-state index contributed by atoms with van der Waals surface area (Å²) in [6, 6.07) is 0.641. The number of nitrogens with zero attached hydrogens (tertiary/aromatic N) is 3. The van der Waals surface area contributed by atoms with E-state index < -0.39 is 0 Å². The van der Waals surface area contributed by atoms with E-state index in [0.29, 0.717) is 6.04 Å². The summed E-state index contributed by atoms with van der Waals surface area (Å²) in [4.78, 5) is 10.4. The van der Waals surface area contributed by atoms with E-state index in [9.17, 15) is 0 Å². The first-order valence-electron chi connectivity index (χ1n) is 6.34. The van der Waals surface area contributed by atoms with Gasteiger partial charge in [-0.05, 0) is 44.0 Å². The van der Waals surface area contributed by atoms with E-state index in [1.807, 2.05) is 24.4 Å². The van der Waals surface area contributed by atoms with Crippen LogP contribution in [0.15, 0.2) is 16.3 Å². The molecule has 0 N–H and O–H groups in total. The summed E-state index contributed by atoms with van der Waals surface area (Å²) in [5.41, 5.74) is 1.16. The van der Waals surface area contributed by atoms with Gasteiger partial charge in [0.15, 0.2) is 11.0 Å². The highest BCUT2D eigenvalue weighted by Crippen LogP contribution is 2.41. The third kappa shape index (κ3) is 2.26. The topological polar surface area (TPSA) is 29.0 Å². The normalized spacial score (nSPS) is 19.9. The van der Waals surface area contributed by atoms with Crippen LogP contribution < -0.4 is 4.31 Å². The summed E-state index contributed by atoms with van der Waals surface area (Å²) in [5, 5.41) is 0.866. The van der Waals surface area contributed by atoms with E-state index in [2.05, 4.69) is 22.3 Å². The molecule has 96 valence electrons. The van der Waals surface area contributed by atoms with Crippen LogP contribution in [0.5, 0.6) is 0 Å². The number of anilines is 1. The van der Waals surface area contributed by atoms with Crippen molar-refractivity contribution in [2.24, 2.45) is 0 Å². The molecule has 0 saturated heterocycles. The second-order valence-electron chi connectivity index (χ2n) is 4.75. The molecule has 0 radical (unpaired) electrons. The number of hydrogen-bond donors (Lipinski definition) is 0. The lowest BCUT2D eigenvalue weighted by Crippen LogP contribution is -2.29. The Bertz CT molecular complexity index is 481. The van der Waals surface area contributed by atoms with Crippen molar-refractivity contribution in [1.29, 1.82) is 0 Å². The molecular weight excluding hydrogens is 262 g/mol. The molecule has 3 rings (SSSR count). The van der Waals surface area contributed by atoms with E-state index in [1.165, 1.54) is 30.6 Å². The molecule has 1 aromatic rings. The van der Waals surface area contributed by atoms with Crippen LogP contribution in [0, 0.1) is 0 Å². The molecule has 2 heterocycles. The molecule has 0 amide bonds. The zero-order valence-electron chi connectivity index (χ0n) is 10.7. The largest absolute Gasteiger partial charge is 0.293 e. The number of aromatic nitrogens is 2. The summed E-state index contributed by atoms with van der Waals surface area (Å²) in [6.45, 7) is 2.16. The van der Waals surface area contributed by atoms with Gasteiger partial charge in [0.25, 0.3) is 0 Å². The van der Waals surface area contributed by atoms with Crippen molar-refractivity contribution in [2.45, 2.75) is 43.8 Å². The van der Waals surface area contributed by atoms with E-state index in [0.717, 1.165) is 16.5 Å². The van der Waals surface area contributed by atoms with Gasteiger partial charge in [-0.2, -0.15) is 0 Å². The average molecular weight is 279 g/mol. The molecular formula is C13H17N3S2. The van der Waals surface area contributed by atoms with Crippen molar-refractivity contribution in [3.05, 3.63) is 16.7 Å². The lowest BCUT2D eigenvalue weighted by atomic mass is 10.2. The molecule has 2 aliphatic rings. The predicted molar refractivity (Wildman–Crippen MR) is 79.8 cm³/mol. The van der Waals surface area contributed by atoms with Gasteiger partial charge in [-0.3, -0.25) is 4.31 Å². The third-order valence-electron chi connectivity index (χ3n) is 3.42. The second kappa shape index (κ2) is 5.13. The first-order chi connectivity index (χ1) is 8.78. The third-order valence-corrected chi connectivity index (χ3v) is 5.06. The predicted octanol–water partition coefficient (Wildman–Crippen LogP) is 3.97. The lowest BCUT2D eigenvalue weighted by Gasteiger charge is -2.32. The summed E-state index contributed by atoms with van der Waals surface area (Å²) in [6.07, 6.45) is 11.4. The van der Waals surface area contributed by atoms with Crippen LogP contribution in [0.2, 0.25) is 0 Å². The lowest BCUT2D eigenvalue weighted by molar-refractivity contribution is 0.698. The van der Waals surface area contributed by atoms with E-state index in [1.54, 1.807) is 11.8 Å². The van der Waals surface area contributed by atoms with E-state index in [-0.39, 0.29) is 0 Å². The molecule has 0 spiro atoms. The van der Waals surface area contributed by atoms with Gasteiger partial charge in [0.2, 0.25) is 0 Å². The van der Waals surface area contributed by atoms with Gasteiger partial charge in [-0.25, -0.2) is 9.97 Å². The maximum absolute atomic E-state index is 4.70. The Morgan fingerprint density at radius 1 is 1.39 bits per heavy atom. The molecule has 1 aliphatic carbocycles. The van der Waals surface area contributed by atoms with Crippen molar-refractivity contribution in [3.63, 3.8) is 0 Å². The van der Waals surface area contributed by atoms with Crippen molar-refractivity contribution in [3.8, 4) is 0 Å². The van der Waals surface area contributed by atoms with Gasteiger partial charge < -0.3 is 0 Å². The fraction of sp³-hybridized carbons (Fsp3) is 0.538. The Morgan fingerprint density at radius 3 is 2.89 bits per heavy atom. The monoisotopic (exact) mass is 279 g/mol. The average Bonchev–Trinajstić information content (AvgIpc) is 2.91. The Kier molecular flexibility index (Phi) is 3.52. The summed E-state index contributed by atoms with van der Waals surface area (Å²) >= 11 is 3.45. The van der Waals surface area contributed by atoms with Crippen molar-refractivity contribution in [2.75, 3.05) is 10.6 Å². The first-order valence-corrected chi connectivity index (χ1v) is 8.34. The number of hydrogen-bond acceptors (Lipinski definition) is 5. The second-order valence-corrected chi connectivity index (χ2v) is 6.74. The van der Waals surface area contributed by atoms with Gasteiger partial charge in [0.1, 0.15) is 0 Å². The van der Waals surface area contributed by atoms with Crippen LogP contribution in [0.1, 0.15) is 38.2 Å². The Balaban J connectivity index is 2.00. The van der Waals surface area contributed by atoms with Crippen LogP contribution in [-0.2, 0) is 0 Å². The molecule has 1 saturated carbocycles. The van der Waals surface area contributed by atoms with Crippen molar-refractivity contribution in [1.82, 2.24) is 9.97 Å². The summed E-state index contributed by atoms with van der Waals surface area (Å²) in [5.74, 6) is 1.11. The van der Waals surface area contributed by atoms with Gasteiger partial charge >= 0.3 is 0 Å². The smallest absolute Gasteiger partial charge is 0.189 e. The van der Waals surface area contributed by atoms with E-state index in [4.69, 9.17) is 4.98 Å². The Hall–Kier alpha value is -0.680. The molecule has 1 aliphatic heterocycles. The van der Waals surface area contributed by atoms with Gasteiger partial charge in [-0.1, -0.05) is 24.6 Å². The maximum Gasteiger partial charge on any atom is 0.189 e. The standard InChI is InChI=1S/C13H17N3S2/c1-9-7-10-8-14-13(17-2)15-12(10)16(18-9)11-5-3-4-6-11/h7-8,11H,3-6H2,1-2H3. The van der Waals surface area contributed by atoms with Crippen molar-refractivity contribution >= 4 is 35.6 Å². The zero-order chi connectivity index (χ0) is 12.5. The zero-order valence-corrected chi connectivity index (χ0v) is 12.4. The SMILES string of the molecule is CSc1ncc2c(n1)N(C1CCCC1)SC(C)=C2. The summed E-state index contributed by atoms with van der Waals surface area (Å²) < 4.78 is 2.42. The molecule has 1 fully saturated rings. The number of thioether (sulfide) groups is 1. The molecule has 0 atom stereocenters. The number of rotatable bonds is 2. The minimum absolute atomic E-state index is 0.641. The molecule has 0 bridgehead atoms. The van der Waals surface area contributed by atoms with Crippen LogP contribution in [-0.4, -0.2) is 22.3 Å². The fourth-order valence-corrected chi connectivity index (χ4v) is 3.99. The Morgan fingerprint density at radius 2 is 2.17 bits per heavy atom. The molecule has 0 unspecified atom stereocenters. The number of fused-ring (bicyclic) bond motifs is 1. The van der Waals surface area contributed by atoms with Crippen molar-refractivity contribution < 1.29 is 0 Å². The summed E-state index contributed by atoms with van der Waals surface area (Å²) in [7, 11) is 0. The highest BCUT2D eigenvalue weighted by molar-refractivity contribution is 8.04. The minimum atomic E-state index is 0.641. The quantitative estimate of drug-likeness (QED) is 0.464. The van der Waals surface area contributed by atoms with Crippen LogP contribution in [0.25, 0.3) is 6.08 Å². The number of allylic oxidation sites excluding steroid dienone is 1. The van der Waals surface area contributed by atoms with Gasteiger partial charge in [-0.15, -0.1) is 0 Å². The minimum Gasteiger partial charge on any atom is -0.293 e. The van der Waals surface area contributed by atoms with Crippen LogP contribution in [0.3, 0.4) is 0 Å². The molecule has 1 aromatic heterocycles.